The van der Waals surface area contributed by atoms with Gasteiger partial charge in [0.1, 0.15) is 12.6 Å². The van der Waals surface area contributed by atoms with Crippen molar-refractivity contribution in [2.24, 2.45) is 0 Å². The molecule has 1 atom stereocenters. The number of ether oxygens (including phenoxy) is 1. The van der Waals surface area contributed by atoms with Gasteiger partial charge in [0.2, 0.25) is 0 Å². The summed E-state index contributed by atoms with van der Waals surface area (Å²) in [6.45, 7) is 0.618. The predicted octanol–water partition coefficient (Wildman–Crippen LogP) is 2.65. The molecule has 1 fully saturated rings. The molecular formula is C15H19NO4. The molecule has 20 heavy (non-hydrogen) atoms. The highest BCUT2D eigenvalue weighted by atomic mass is 16.6. The largest absolute Gasteiger partial charge is 0.480 e. The first kappa shape index (κ1) is 14.4. The number of rotatable bonds is 3. The Morgan fingerprint density at radius 1 is 1.20 bits per heavy atom. The van der Waals surface area contributed by atoms with E-state index in [0.717, 1.165) is 24.8 Å². The molecule has 1 amide bonds. The lowest BCUT2D eigenvalue weighted by Gasteiger charge is -2.26. The summed E-state index contributed by atoms with van der Waals surface area (Å²) >= 11 is 0. The van der Waals surface area contributed by atoms with E-state index in [9.17, 15) is 14.7 Å². The van der Waals surface area contributed by atoms with Crippen LogP contribution in [0.2, 0.25) is 0 Å². The van der Waals surface area contributed by atoms with E-state index in [1.807, 2.05) is 30.3 Å². The maximum Gasteiger partial charge on any atom is 0.410 e. The van der Waals surface area contributed by atoms with Crippen LogP contribution in [-0.4, -0.2) is 34.7 Å². The number of benzene rings is 1. The Balaban J connectivity index is 1.96. The fraction of sp³-hybridized carbons (Fsp3) is 0.467. The molecule has 1 heterocycles. The average molecular weight is 277 g/mol. The number of aliphatic carboxylic acids is 1. The molecule has 1 N–H and O–H groups in total. The van der Waals surface area contributed by atoms with E-state index in [0.29, 0.717) is 13.0 Å². The first-order chi connectivity index (χ1) is 9.68. The first-order valence-electron chi connectivity index (χ1n) is 6.88. The molecule has 0 spiro atoms. The van der Waals surface area contributed by atoms with Crippen molar-refractivity contribution in [3.63, 3.8) is 0 Å². The molecule has 0 unspecified atom stereocenters. The van der Waals surface area contributed by atoms with Gasteiger partial charge in [0.05, 0.1) is 0 Å². The van der Waals surface area contributed by atoms with Gasteiger partial charge < -0.3 is 9.84 Å². The van der Waals surface area contributed by atoms with Crippen LogP contribution >= 0.6 is 0 Å². The summed E-state index contributed by atoms with van der Waals surface area (Å²) in [6, 6.07) is 8.60. The SMILES string of the molecule is O=C(O)[C@@H]1CCCCCN1C(=O)OCc1ccccc1. The zero-order valence-electron chi connectivity index (χ0n) is 11.3. The van der Waals surface area contributed by atoms with E-state index >= 15 is 0 Å². The van der Waals surface area contributed by atoms with Crippen LogP contribution in [0, 0.1) is 0 Å². The van der Waals surface area contributed by atoms with Crippen molar-refractivity contribution < 1.29 is 19.4 Å². The number of hydrogen-bond donors (Lipinski definition) is 1. The van der Waals surface area contributed by atoms with Gasteiger partial charge in [-0.1, -0.05) is 43.2 Å². The van der Waals surface area contributed by atoms with Crippen molar-refractivity contribution in [2.75, 3.05) is 6.54 Å². The third kappa shape index (κ3) is 3.73. The van der Waals surface area contributed by atoms with E-state index in [1.54, 1.807) is 0 Å². The van der Waals surface area contributed by atoms with E-state index in [4.69, 9.17) is 4.74 Å². The van der Waals surface area contributed by atoms with Gasteiger partial charge in [0.15, 0.2) is 0 Å². The molecule has 5 nitrogen and oxygen atoms in total. The van der Waals surface area contributed by atoms with Crippen molar-refractivity contribution >= 4 is 12.1 Å². The number of carbonyl (C=O) groups is 2. The standard InChI is InChI=1S/C15H19NO4/c17-14(18)13-9-5-2-6-10-16(13)15(19)20-11-12-7-3-1-4-8-12/h1,3-4,7-8,13H,2,5-6,9-11H2,(H,17,18)/t13-/m0/s1. The Labute approximate surface area is 118 Å². The van der Waals surface area contributed by atoms with E-state index in [2.05, 4.69) is 0 Å². The quantitative estimate of drug-likeness (QED) is 0.922. The molecule has 0 bridgehead atoms. The summed E-state index contributed by atoms with van der Waals surface area (Å²) in [5, 5.41) is 9.22. The zero-order chi connectivity index (χ0) is 14.4. The van der Waals surface area contributed by atoms with Crippen LogP contribution in [0.5, 0.6) is 0 Å². The van der Waals surface area contributed by atoms with Gasteiger partial charge in [-0.15, -0.1) is 0 Å². The third-order valence-electron chi connectivity index (χ3n) is 3.48. The Bertz CT molecular complexity index is 460. The Hall–Kier alpha value is -2.04. The van der Waals surface area contributed by atoms with Gasteiger partial charge in [-0.2, -0.15) is 0 Å². The molecule has 2 rings (SSSR count). The van der Waals surface area contributed by atoms with Crippen LogP contribution in [0.25, 0.3) is 0 Å². The Morgan fingerprint density at radius 2 is 1.95 bits per heavy atom. The Morgan fingerprint density at radius 3 is 2.65 bits per heavy atom. The molecule has 5 heteroatoms. The molecule has 0 aliphatic carbocycles. The Kier molecular flexibility index (Phi) is 4.98. The molecule has 1 aromatic carbocycles. The molecule has 0 radical (unpaired) electrons. The number of likely N-dealkylation sites (tertiary alicyclic amines) is 1. The van der Waals surface area contributed by atoms with Crippen molar-refractivity contribution in [1.29, 1.82) is 0 Å². The number of amides is 1. The summed E-state index contributed by atoms with van der Waals surface area (Å²) in [5.74, 6) is -0.955. The molecule has 1 aliphatic rings. The van der Waals surface area contributed by atoms with Gasteiger partial charge in [0, 0.05) is 6.54 Å². The number of carboxylic acid groups (broad SMARTS) is 1. The minimum absolute atomic E-state index is 0.169. The highest BCUT2D eigenvalue weighted by Crippen LogP contribution is 2.18. The lowest BCUT2D eigenvalue weighted by atomic mass is 10.1. The van der Waals surface area contributed by atoms with Gasteiger partial charge in [-0.25, -0.2) is 9.59 Å². The second-order valence-corrected chi connectivity index (χ2v) is 4.94. The number of nitrogens with zero attached hydrogens (tertiary/aromatic N) is 1. The predicted molar refractivity (Wildman–Crippen MR) is 73.2 cm³/mol. The van der Waals surface area contributed by atoms with Crippen molar-refractivity contribution in [3.05, 3.63) is 35.9 Å². The lowest BCUT2D eigenvalue weighted by molar-refractivity contribution is -0.142. The van der Waals surface area contributed by atoms with Gasteiger partial charge >= 0.3 is 12.1 Å². The van der Waals surface area contributed by atoms with Crippen LogP contribution in [0.1, 0.15) is 31.2 Å². The smallest absolute Gasteiger partial charge is 0.410 e. The minimum Gasteiger partial charge on any atom is -0.480 e. The highest BCUT2D eigenvalue weighted by Gasteiger charge is 2.31. The second-order valence-electron chi connectivity index (χ2n) is 4.94. The molecule has 108 valence electrons. The monoisotopic (exact) mass is 277 g/mol. The van der Waals surface area contributed by atoms with Crippen LogP contribution in [-0.2, 0) is 16.1 Å². The minimum atomic E-state index is -0.955. The van der Waals surface area contributed by atoms with Gasteiger partial charge in [-0.05, 0) is 18.4 Å². The fourth-order valence-corrected chi connectivity index (χ4v) is 2.39. The number of carbonyl (C=O) groups excluding carboxylic acids is 1. The maximum absolute atomic E-state index is 12.1. The summed E-state index contributed by atoms with van der Waals surface area (Å²) < 4.78 is 5.23. The third-order valence-corrected chi connectivity index (χ3v) is 3.48. The molecule has 1 saturated heterocycles. The van der Waals surface area contributed by atoms with E-state index < -0.39 is 18.1 Å². The molecule has 1 aliphatic heterocycles. The van der Waals surface area contributed by atoms with E-state index in [1.165, 1.54) is 4.90 Å². The van der Waals surface area contributed by atoms with Crippen LogP contribution in [0.3, 0.4) is 0 Å². The lowest BCUT2D eigenvalue weighted by Crippen LogP contribution is -2.44. The first-order valence-corrected chi connectivity index (χ1v) is 6.88. The summed E-state index contributed by atoms with van der Waals surface area (Å²) in [4.78, 5) is 24.7. The summed E-state index contributed by atoms with van der Waals surface area (Å²) in [7, 11) is 0. The molecule has 0 saturated carbocycles. The maximum atomic E-state index is 12.1. The molecule has 0 aromatic heterocycles. The van der Waals surface area contributed by atoms with Crippen LogP contribution < -0.4 is 0 Å². The van der Waals surface area contributed by atoms with Crippen molar-refractivity contribution in [2.45, 2.75) is 38.3 Å². The van der Waals surface area contributed by atoms with Gasteiger partial charge in [-0.3, -0.25) is 4.90 Å². The van der Waals surface area contributed by atoms with Gasteiger partial charge in [0.25, 0.3) is 0 Å². The van der Waals surface area contributed by atoms with Crippen LogP contribution in [0.4, 0.5) is 4.79 Å². The highest BCUT2D eigenvalue weighted by molar-refractivity contribution is 5.80. The average Bonchev–Trinajstić information content (AvgIpc) is 2.71. The zero-order valence-corrected chi connectivity index (χ0v) is 11.3. The topological polar surface area (TPSA) is 66.8 Å². The normalized spacial score (nSPS) is 19.2. The fourth-order valence-electron chi connectivity index (χ4n) is 2.39. The van der Waals surface area contributed by atoms with Crippen LogP contribution in [0.15, 0.2) is 30.3 Å². The molecular weight excluding hydrogens is 258 g/mol. The second kappa shape index (κ2) is 6.93. The van der Waals surface area contributed by atoms with Crippen molar-refractivity contribution in [1.82, 2.24) is 4.90 Å². The van der Waals surface area contributed by atoms with E-state index in [-0.39, 0.29) is 6.61 Å². The number of carboxylic acids is 1. The molecule has 1 aromatic rings. The summed E-state index contributed by atoms with van der Waals surface area (Å²) in [5.41, 5.74) is 0.891. The summed E-state index contributed by atoms with van der Waals surface area (Å²) in [6.07, 6.45) is 2.56. The number of hydrogen-bond acceptors (Lipinski definition) is 3. The van der Waals surface area contributed by atoms with Crippen molar-refractivity contribution in [3.8, 4) is 0 Å².